The third kappa shape index (κ3) is 14.2. The summed E-state index contributed by atoms with van der Waals surface area (Å²) in [7, 11) is 0. The lowest BCUT2D eigenvalue weighted by molar-refractivity contribution is -0.121. The number of carbonyl (C=O) groups is 2. The first kappa shape index (κ1) is 32.3. The Bertz CT molecular complexity index is 612. The fraction of sp³-hybridized carbons (Fsp3) is 0.704. The number of hydrogen-bond acceptors (Lipinski definition) is 4. The van der Waals surface area contributed by atoms with Gasteiger partial charge in [-0.1, -0.05) is 52.0 Å². The SMILES string of the molecule is C=C/C(C)=C/C(C)(C)/C(OCCCNC(=O)CCN(CCC)CCC)=C(/C)C(C)=O.CC. The van der Waals surface area contributed by atoms with E-state index in [1.807, 2.05) is 34.6 Å². The number of allylic oxidation sites excluding steroid dienone is 4. The van der Waals surface area contributed by atoms with E-state index in [9.17, 15) is 9.59 Å². The zero-order valence-corrected chi connectivity index (χ0v) is 22.4. The number of ketones is 1. The van der Waals surface area contributed by atoms with Crippen molar-refractivity contribution < 1.29 is 14.3 Å². The lowest BCUT2D eigenvalue weighted by Crippen LogP contribution is -2.32. The number of Topliss-reactive ketones (excluding diaryl/α,β-unsaturated/α-hetero) is 1. The maximum Gasteiger partial charge on any atom is 0.221 e. The van der Waals surface area contributed by atoms with Gasteiger partial charge in [0.25, 0.3) is 0 Å². The van der Waals surface area contributed by atoms with Gasteiger partial charge in [0.1, 0.15) is 5.76 Å². The van der Waals surface area contributed by atoms with E-state index >= 15 is 0 Å². The van der Waals surface area contributed by atoms with Gasteiger partial charge in [-0.2, -0.15) is 0 Å². The van der Waals surface area contributed by atoms with E-state index < -0.39 is 5.41 Å². The molecule has 0 aromatic carbocycles. The Morgan fingerprint density at radius 2 is 1.59 bits per heavy atom. The first-order valence-corrected chi connectivity index (χ1v) is 12.2. The minimum atomic E-state index is -0.417. The molecule has 0 saturated heterocycles. The molecule has 0 rings (SSSR count). The molecule has 0 aliphatic heterocycles. The van der Waals surface area contributed by atoms with Crippen LogP contribution in [-0.4, -0.2) is 49.4 Å². The van der Waals surface area contributed by atoms with Crippen molar-refractivity contribution in [1.82, 2.24) is 10.2 Å². The highest BCUT2D eigenvalue weighted by Crippen LogP contribution is 2.33. The van der Waals surface area contributed by atoms with Crippen molar-refractivity contribution in [3.05, 3.63) is 35.6 Å². The molecule has 0 heterocycles. The summed E-state index contributed by atoms with van der Waals surface area (Å²) in [5, 5.41) is 2.97. The van der Waals surface area contributed by atoms with Gasteiger partial charge < -0.3 is 15.0 Å². The average molecular weight is 451 g/mol. The summed E-state index contributed by atoms with van der Waals surface area (Å²) in [5.41, 5.74) is 1.24. The molecule has 0 saturated carbocycles. The van der Waals surface area contributed by atoms with Crippen LogP contribution >= 0.6 is 0 Å². The Kier molecular flexibility index (Phi) is 18.8. The van der Waals surface area contributed by atoms with Crippen molar-refractivity contribution in [3.8, 4) is 0 Å². The second-order valence-electron chi connectivity index (χ2n) is 8.47. The molecule has 0 fully saturated rings. The Morgan fingerprint density at radius 1 is 1.03 bits per heavy atom. The highest BCUT2D eigenvalue weighted by molar-refractivity contribution is 5.93. The van der Waals surface area contributed by atoms with Gasteiger partial charge in [-0.3, -0.25) is 9.59 Å². The molecule has 0 aliphatic carbocycles. The van der Waals surface area contributed by atoms with Crippen LogP contribution in [0.4, 0.5) is 0 Å². The second-order valence-corrected chi connectivity index (χ2v) is 8.47. The number of hydrogen-bond donors (Lipinski definition) is 1. The van der Waals surface area contributed by atoms with Crippen LogP contribution in [0.1, 0.15) is 88.0 Å². The van der Waals surface area contributed by atoms with Crippen LogP contribution in [0.25, 0.3) is 0 Å². The van der Waals surface area contributed by atoms with Gasteiger partial charge in [0.05, 0.1) is 6.61 Å². The van der Waals surface area contributed by atoms with Crippen molar-refractivity contribution in [2.24, 2.45) is 5.41 Å². The molecule has 1 amide bonds. The van der Waals surface area contributed by atoms with Gasteiger partial charge in [-0.25, -0.2) is 0 Å². The molecule has 0 bridgehead atoms. The molecule has 186 valence electrons. The number of amides is 1. The first-order valence-electron chi connectivity index (χ1n) is 12.2. The molecular weight excluding hydrogens is 400 g/mol. The van der Waals surface area contributed by atoms with Crippen molar-refractivity contribution >= 4 is 11.7 Å². The first-order chi connectivity index (χ1) is 15.1. The van der Waals surface area contributed by atoms with E-state index in [0.717, 1.165) is 38.0 Å². The fourth-order valence-corrected chi connectivity index (χ4v) is 3.42. The number of nitrogens with zero attached hydrogens (tertiary/aromatic N) is 1. The van der Waals surface area contributed by atoms with E-state index in [2.05, 4.69) is 36.7 Å². The van der Waals surface area contributed by atoms with Crippen molar-refractivity contribution in [1.29, 1.82) is 0 Å². The summed E-state index contributed by atoms with van der Waals surface area (Å²) >= 11 is 0. The summed E-state index contributed by atoms with van der Waals surface area (Å²) < 4.78 is 6.04. The number of carbonyl (C=O) groups excluding carboxylic acids is 2. The third-order valence-corrected chi connectivity index (χ3v) is 4.99. The summed E-state index contributed by atoms with van der Waals surface area (Å²) in [6.07, 6.45) is 7.27. The number of ether oxygens (including phenoxy) is 1. The lowest BCUT2D eigenvalue weighted by atomic mass is 9.85. The Hall–Kier alpha value is -1.88. The zero-order chi connectivity index (χ0) is 25.2. The standard InChI is InChI=1S/C25H44N2O3.C2H6/c1-9-15-27(16-10-2)17-13-23(29)26-14-12-18-30-24(21(5)22(6)28)25(7,8)19-20(4)11-3;1-2/h11,19H,3,9-10,12-18H2,1-2,4-8H3,(H,26,29);1-2H3/b20-19+,24-21+;. The summed E-state index contributed by atoms with van der Waals surface area (Å²) in [6, 6.07) is 0. The van der Waals surface area contributed by atoms with Crippen LogP contribution in [0, 0.1) is 5.41 Å². The smallest absolute Gasteiger partial charge is 0.221 e. The topological polar surface area (TPSA) is 58.6 Å². The molecule has 0 aromatic heterocycles. The van der Waals surface area contributed by atoms with Gasteiger partial charge in [0.15, 0.2) is 5.78 Å². The maximum absolute atomic E-state index is 12.1. The highest BCUT2D eigenvalue weighted by Gasteiger charge is 2.26. The van der Waals surface area contributed by atoms with E-state index in [0.29, 0.717) is 37.3 Å². The molecule has 0 radical (unpaired) electrons. The quantitative estimate of drug-likeness (QED) is 0.134. The monoisotopic (exact) mass is 450 g/mol. The van der Waals surface area contributed by atoms with Gasteiger partial charge in [0.2, 0.25) is 5.91 Å². The predicted octanol–water partition coefficient (Wildman–Crippen LogP) is 6.07. The molecular formula is C27H50N2O3. The predicted molar refractivity (Wildman–Crippen MR) is 138 cm³/mol. The summed E-state index contributed by atoms with van der Waals surface area (Å²) in [6.45, 7) is 25.4. The second kappa shape index (κ2) is 18.7. The van der Waals surface area contributed by atoms with Gasteiger partial charge >= 0.3 is 0 Å². The van der Waals surface area contributed by atoms with Crippen LogP contribution < -0.4 is 5.32 Å². The van der Waals surface area contributed by atoms with E-state index in [1.54, 1.807) is 19.9 Å². The number of rotatable bonds is 16. The van der Waals surface area contributed by atoms with Gasteiger partial charge in [0, 0.05) is 30.5 Å². The largest absolute Gasteiger partial charge is 0.497 e. The molecule has 0 aromatic rings. The maximum atomic E-state index is 12.1. The van der Waals surface area contributed by atoms with Crippen molar-refractivity contribution in [2.45, 2.75) is 88.0 Å². The average Bonchev–Trinajstić information content (AvgIpc) is 2.75. The minimum absolute atomic E-state index is 0.000235. The lowest BCUT2D eigenvalue weighted by Gasteiger charge is -2.27. The van der Waals surface area contributed by atoms with Crippen molar-refractivity contribution in [2.75, 3.05) is 32.8 Å². The van der Waals surface area contributed by atoms with Crippen LogP contribution in [0.5, 0.6) is 0 Å². The Labute approximate surface area is 198 Å². The van der Waals surface area contributed by atoms with Crippen LogP contribution in [0.2, 0.25) is 0 Å². The summed E-state index contributed by atoms with van der Waals surface area (Å²) in [4.78, 5) is 26.4. The van der Waals surface area contributed by atoms with Gasteiger partial charge in [-0.05, 0) is 67.0 Å². The van der Waals surface area contributed by atoms with Crippen molar-refractivity contribution in [3.63, 3.8) is 0 Å². The van der Waals surface area contributed by atoms with Crippen LogP contribution in [0.3, 0.4) is 0 Å². The zero-order valence-electron chi connectivity index (χ0n) is 22.4. The van der Waals surface area contributed by atoms with E-state index in [1.165, 1.54) is 0 Å². The molecule has 5 heteroatoms. The van der Waals surface area contributed by atoms with Crippen LogP contribution in [-0.2, 0) is 14.3 Å². The van der Waals surface area contributed by atoms with E-state index in [-0.39, 0.29) is 11.7 Å². The Balaban J connectivity index is 0. The van der Waals surface area contributed by atoms with E-state index in [4.69, 9.17) is 4.74 Å². The highest BCUT2D eigenvalue weighted by atomic mass is 16.5. The number of nitrogens with one attached hydrogen (secondary N) is 1. The molecule has 0 spiro atoms. The molecule has 5 nitrogen and oxygen atoms in total. The van der Waals surface area contributed by atoms with Gasteiger partial charge in [-0.15, -0.1) is 0 Å². The van der Waals surface area contributed by atoms with Crippen LogP contribution in [0.15, 0.2) is 35.6 Å². The minimum Gasteiger partial charge on any atom is -0.497 e. The molecule has 1 N–H and O–H groups in total. The molecule has 0 unspecified atom stereocenters. The Morgan fingerprint density at radius 3 is 2.06 bits per heavy atom. The molecule has 0 atom stereocenters. The molecule has 0 aliphatic rings. The summed E-state index contributed by atoms with van der Waals surface area (Å²) in [5.74, 6) is 0.754. The third-order valence-electron chi connectivity index (χ3n) is 4.99. The molecule has 32 heavy (non-hydrogen) atoms. The fourth-order valence-electron chi connectivity index (χ4n) is 3.42. The normalized spacial score (nSPS) is 12.5.